The Balaban J connectivity index is 0.988. The molecule has 5 aromatic carbocycles. The number of rotatable bonds is 22. The van der Waals surface area contributed by atoms with Gasteiger partial charge >= 0.3 is 5.97 Å². The molecule has 1 aliphatic heterocycles. The van der Waals surface area contributed by atoms with Crippen LogP contribution in [0, 0.1) is 5.82 Å². The maximum absolute atomic E-state index is 14.1. The van der Waals surface area contributed by atoms with Crippen LogP contribution in [0.5, 0.6) is 34.5 Å². The number of carbonyl (C=O) groups excluding carboxylic acids is 1. The van der Waals surface area contributed by atoms with Crippen LogP contribution in [0.3, 0.4) is 0 Å². The van der Waals surface area contributed by atoms with Gasteiger partial charge < -0.3 is 28.8 Å². The van der Waals surface area contributed by atoms with Gasteiger partial charge in [0.25, 0.3) is 0 Å². The predicted molar refractivity (Wildman–Crippen MR) is 250 cm³/mol. The molecular weight excluding hydrogens is 824 g/mol. The zero-order valence-electron chi connectivity index (χ0n) is 38.3. The summed E-state index contributed by atoms with van der Waals surface area (Å²) in [4.78, 5) is 14.1. The van der Waals surface area contributed by atoms with E-state index in [1.165, 1.54) is 12.1 Å². The molecule has 1 aromatic heterocycles. The average molecular weight is 885 g/mol. The van der Waals surface area contributed by atoms with E-state index in [4.69, 9.17) is 23.7 Å². The highest BCUT2D eigenvalue weighted by Crippen LogP contribution is 2.41. The average Bonchev–Trinajstić information content (AvgIpc) is 3.88. The molecule has 342 valence electrons. The predicted octanol–water partition coefficient (Wildman–Crippen LogP) is 11.5. The Hall–Kier alpha value is -6.43. The third kappa shape index (κ3) is 11.6. The molecule has 6 aromatic rings. The number of nitrogens with one attached hydrogen (secondary N) is 1. The summed E-state index contributed by atoms with van der Waals surface area (Å²) < 4.78 is 45.3. The molecule has 0 saturated heterocycles. The van der Waals surface area contributed by atoms with Gasteiger partial charge in [0.2, 0.25) is 0 Å². The first-order chi connectivity index (χ1) is 31.6. The first-order valence-electron chi connectivity index (χ1n) is 23.1. The molecule has 0 amide bonds. The lowest BCUT2D eigenvalue weighted by molar-refractivity contribution is -0.143. The van der Waals surface area contributed by atoms with E-state index in [2.05, 4.69) is 54.4 Å². The fourth-order valence-electron chi connectivity index (χ4n) is 8.29. The van der Waals surface area contributed by atoms with E-state index in [-0.39, 0.29) is 17.0 Å². The van der Waals surface area contributed by atoms with Gasteiger partial charge in [-0.3, -0.25) is 0 Å². The van der Waals surface area contributed by atoms with Crippen LogP contribution < -0.4 is 23.7 Å². The number of phenols is 1. The zero-order chi connectivity index (χ0) is 45.8. The number of nitrogens with zero attached hydrogens (tertiary/aromatic N) is 3. The first-order valence-corrected chi connectivity index (χ1v) is 23.1. The summed E-state index contributed by atoms with van der Waals surface area (Å²) in [5.41, 5.74) is 6.91. The summed E-state index contributed by atoms with van der Waals surface area (Å²) in [5.74, 6) is 3.15. The maximum atomic E-state index is 14.1. The number of fused-ring (bicyclic) bond motifs is 1. The van der Waals surface area contributed by atoms with Gasteiger partial charge in [0, 0.05) is 40.7 Å². The number of carbonyl (C=O) groups is 1. The number of aryl methyl sites for hydroxylation is 3. The molecule has 0 spiro atoms. The van der Waals surface area contributed by atoms with Crippen LogP contribution in [0.4, 0.5) is 4.39 Å². The lowest BCUT2D eigenvalue weighted by atomic mass is 9.86. The van der Waals surface area contributed by atoms with Crippen molar-refractivity contribution in [3.05, 3.63) is 125 Å². The summed E-state index contributed by atoms with van der Waals surface area (Å²) in [6, 6.07) is 27.5. The molecule has 0 aliphatic carbocycles. The Kier molecular flexibility index (Phi) is 15.7. The number of benzene rings is 5. The van der Waals surface area contributed by atoms with E-state index in [1.54, 1.807) is 18.2 Å². The summed E-state index contributed by atoms with van der Waals surface area (Å²) in [6.07, 6.45) is 7.73. The van der Waals surface area contributed by atoms with Gasteiger partial charge in [-0.05, 0) is 103 Å². The molecule has 0 fully saturated rings. The van der Waals surface area contributed by atoms with Gasteiger partial charge in [0.1, 0.15) is 40.3 Å². The number of hydrogen-bond donors (Lipinski definition) is 2. The monoisotopic (exact) mass is 884 g/mol. The number of tetrazole rings is 1. The lowest BCUT2D eigenvalue weighted by Gasteiger charge is -2.28. The van der Waals surface area contributed by atoms with Crippen LogP contribution in [-0.2, 0) is 35.9 Å². The number of hydrogen-bond acceptors (Lipinski definition) is 10. The molecule has 65 heavy (non-hydrogen) atoms. The van der Waals surface area contributed by atoms with Crippen molar-refractivity contribution >= 4 is 5.97 Å². The van der Waals surface area contributed by atoms with Crippen LogP contribution in [0.15, 0.2) is 91.0 Å². The molecule has 0 bridgehead atoms. The second kappa shape index (κ2) is 22.0. The molecule has 0 radical (unpaired) electrons. The summed E-state index contributed by atoms with van der Waals surface area (Å²) >= 11 is 0. The highest BCUT2D eigenvalue weighted by molar-refractivity contribution is 5.82. The van der Waals surface area contributed by atoms with Crippen molar-refractivity contribution in [3.63, 3.8) is 0 Å². The smallest absolute Gasteiger partial charge is 0.352 e. The number of phenolic OH excluding ortho intramolecular Hbond substituents is 1. The molecule has 7 rings (SSSR count). The SMILES string of the molecule is CCCc1c(OCCCOc2cc(O)c(-c3ccc(F)cc3)cc2CC)ccc2c1OC(C(=O)Oc1cc(OCCCCCC(C)(C)c3nn[nH]n3)c(CC)cc1-c1ccccc1)CC2. The summed E-state index contributed by atoms with van der Waals surface area (Å²) in [7, 11) is 0. The highest BCUT2D eigenvalue weighted by atomic mass is 19.1. The Bertz CT molecular complexity index is 2490. The van der Waals surface area contributed by atoms with E-state index >= 15 is 0 Å². The number of halogens is 1. The van der Waals surface area contributed by atoms with Gasteiger partial charge in [0.05, 0.1) is 19.8 Å². The second-order valence-electron chi connectivity index (χ2n) is 17.2. The Morgan fingerprint density at radius 1 is 0.785 bits per heavy atom. The molecule has 11 nitrogen and oxygen atoms in total. The van der Waals surface area contributed by atoms with Crippen molar-refractivity contribution in [2.24, 2.45) is 0 Å². The van der Waals surface area contributed by atoms with Crippen molar-refractivity contribution in [3.8, 4) is 56.8 Å². The van der Waals surface area contributed by atoms with E-state index in [0.29, 0.717) is 86.2 Å². The minimum Gasteiger partial charge on any atom is -0.507 e. The number of aromatic amines is 1. The highest BCUT2D eigenvalue weighted by Gasteiger charge is 2.32. The van der Waals surface area contributed by atoms with Crippen molar-refractivity contribution < 1.29 is 38.0 Å². The second-order valence-corrected chi connectivity index (χ2v) is 17.2. The van der Waals surface area contributed by atoms with E-state index in [1.807, 2.05) is 61.5 Å². The molecule has 2 N–H and O–H groups in total. The normalized spacial score (nSPS) is 13.5. The number of ether oxygens (including phenoxy) is 5. The number of H-pyrrole nitrogens is 1. The minimum absolute atomic E-state index is 0.0711. The lowest BCUT2D eigenvalue weighted by Crippen LogP contribution is -2.35. The Labute approximate surface area is 381 Å². The fraction of sp³-hybridized carbons (Fsp3) is 0.396. The van der Waals surface area contributed by atoms with Gasteiger partial charge in [-0.15, -0.1) is 10.2 Å². The van der Waals surface area contributed by atoms with Crippen LogP contribution >= 0.6 is 0 Å². The van der Waals surface area contributed by atoms with Gasteiger partial charge in [-0.2, -0.15) is 5.21 Å². The molecule has 1 atom stereocenters. The number of esters is 1. The topological polar surface area (TPSA) is 138 Å². The van der Waals surface area contributed by atoms with Crippen LogP contribution in [0.2, 0.25) is 0 Å². The largest absolute Gasteiger partial charge is 0.507 e. The minimum atomic E-state index is -0.809. The van der Waals surface area contributed by atoms with Crippen LogP contribution in [0.25, 0.3) is 22.3 Å². The molecule has 12 heteroatoms. The van der Waals surface area contributed by atoms with Gasteiger partial charge in [-0.1, -0.05) is 108 Å². The van der Waals surface area contributed by atoms with Gasteiger partial charge in [-0.25, -0.2) is 9.18 Å². The quantitative estimate of drug-likeness (QED) is 0.0385. The standard InChI is InChI=1S/C53H61FN4O7/c1-6-16-41-45(61-29-15-30-63-47-33-44(59)42(31-35(47)7-2)38-19-23-40(54)24-20-38)25-21-39-22-26-46(64-50(39)41)51(60)65-49-34-48(36(8-3)32-43(49)37-17-11-9-12-18-37)62-28-14-10-13-27-53(4,5)52-55-57-58-56-52/h9,11-12,17-21,23-25,31-34,46,59H,6-8,10,13-16,22,26-30H2,1-5H3,(H,55,56,57,58). The Morgan fingerprint density at radius 2 is 1.46 bits per heavy atom. The molecule has 1 aliphatic rings. The third-order valence-electron chi connectivity index (χ3n) is 12.0. The number of unbranched alkanes of at least 4 members (excludes halogenated alkanes) is 2. The summed E-state index contributed by atoms with van der Waals surface area (Å²) in [6.45, 7) is 11.8. The molecule has 2 heterocycles. The zero-order valence-corrected chi connectivity index (χ0v) is 38.3. The van der Waals surface area contributed by atoms with E-state index in [0.717, 1.165) is 83.3 Å². The van der Waals surface area contributed by atoms with Crippen molar-refractivity contribution in [2.75, 3.05) is 19.8 Å². The molecular formula is C53H61FN4O7. The van der Waals surface area contributed by atoms with E-state index in [9.17, 15) is 14.3 Å². The molecule has 0 saturated carbocycles. The number of aromatic nitrogens is 4. The van der Waals surface area contributed by atoms with Gasteiger partial charge in [0.15, 0.2) is 11.9 Å². The van der Waals surface area contributed by atoms with Crippen molar-refractivity contribution in [1.29, 1.82) is 0 Å². The third-order valence-corrected chi connectivity index (χ3v) is 12.0. The molecule has 1 unspecified atom stereocenters. The van der Waals surface area contributed by atoms with Crippen molar-refractivity contribution in [1.82, 2.24) is 20.6 Å². The fourth-order valence-corrected chi connectivity index (χ4v) is 8.29. The first kappa shape index (κ1) is 46.6. The Morgan fingerprint density at radius 3 is 2.15 bits per heavy atom. The van der Waals surface area contributed by atoms with Crippen molar-refractivity contribution in [2.45, 2.75) is 117 Å². The maximum Gasteiger partial charge on any atom is 0.352 e. The summed E-state index contributed by atoms with van der Waals surface area (Å²) in [5, 5.41) is 25.4. The number of aromatic hydroxyl groups is 1. The van der Waals surface area contributed by atoms with Crippen LogP contribution in [0.1, 0.15) is 108 Å². The van der Waals surface area contributed by atoms with Crippen LogP contribution in [-0.4, -0.2) is 57.6 Å². The van der Waals surface area contributed by atoms with E-state index < -0.39 is 12.1 Å².